The van der Waals surface area contributed by atoms with Crippen LogP contribution in [0.4, 0.5) is 15.8 Å². The van der Waals surface area contributed by atoms with E-state index < -0.39 is 0 Å². The monoisotopic (exact) mass is 409 g/mol. The molecular weight excluding hydrogens is 385 g/mol. The standard InChI is InChI=1S/C22H24FN5O2/c1-22(12-20(29)27-16-13-25-21(30-2)26-14-16)6-9-28(10-7-22)19-5-8-24-18-4-3-15(23)11-17(18)19/h3-5,8,11,13-14H,6-7,9-10,12H2,1-2H3,(H,27,29). The molecule has 0 aliphatic carbocycles. The van der Waals surface area contributed by atoms with E-state index in [9.17, 15) is 9.18 Å². The fourth-order valence-electron chi connectivity index (χ4n) is 3.92. The molecule has 1 aliphatic heterocycles. The molecule has 0 unspecified atom stereocenters. The van der Waals surface area contributed by atoms with Gasteiger partial charge in [0.1, 0.15) is 5.82 Å². The minimum absolute atomic E-state index is 0.0591. The largest absolute Gasteiger partial charge is 0.467 e. The van der Waals surface area contributed by atoms with Gasteiger partial charge in [-0.3, -0.25) is 9.78 Å². The molecule has 0 bridgehead atoms. The third-order valence-electron chi connectivity index (χ3n) is 5.67. The van der Waals surface area contributed by atoms with Gasteiger partial charge in [0.25, 0.3) is 0 Å². The maximum atomic E-state index is 13.8. The minimum Gasteiger partial charge on any atom is -0.467 e. The van der Waals surface area contributed by atoms with Crippen LogP contribution in [0.2, 0.25) is 0 Å². The summed E-state index contributed by atoms with van der Waals surface area (Å²) in [6.07, 6.45) is 6.95. The first-order valence-corrected chi connectivity index (χ1v) is 9.91. The highest BCUT2D eigenvalue weighted by molar-refractivity contribution is 5.92. The number of rotatable bonds is 5. The number of amides is 1. The lowest BCUT2D eigenvalue weighted by atomic mass is 9.77. The van der Waals surface area contributed by atoms with Crippen molar-refractivity contribution in [3.8, 4) is 6.01 Å². The number of aromatic nitrogens is 3. The van der Waals surface area contributed by atoms with E-state index in [0.717, 1.165) is 42.5 Å². The van der Waals surface area contributed by atoms with Gasteiger partial charge in [-0.15, -0.1) is 0 Å². The van der Waals surface area contributed by atoms with Crippen LogP contribution in [-0.2, 0) is 4.79 Å². The number of ether oxygens (including phenoxy) is 1. The third-order valence-corrected chi connectivity index (χ3v) is 5.67. The summed E-state index contributed by atoms with van der Waals surface area (Å²) in [5, 5.41) is 3.67. The van der Waals surface area contributed by atoms with Crippen LogP contribution in [0.5, 0.6) is 6.01 Å². The van der Waals surface area contributed by atoms with E-state index >= 15 is 0 Å². The summed E-state index contributed by atoms with van der Waals surface area (Å²) in [6.45, 7) is 3.73. The van der Waals surface area contributed by atoms with Gasteiger partial charge in [-0.1, -0.05) is 6.92 Å². The normalized spacial score (nSPS) is 15.8. The summed E-state index contributed by atoms with van der Waals surface area (Å²) in [5.74, 6) is -0.325. The number of nitrogens with zero attached hydrogens (tertiary/aromatic N) is 4. The van der Waals surface area contributed by atoms with Crippen molar-refractivity contribution in [2.45, 2.75) is 26.2 Å². The Kier molecular flexibility index (Phi) is 5.48. The first-order valence-electron chi connectivity index (χ1n) is 9.91. The maximum Gasteiger partial charge on any atom is 0.316 e. The Morgan fingerprint density at radius 3 is 2.63 bits per heavy atom. The molecule has 3 aromatic rings. The number of hydrogen-bond donors (Lipinski definition) is 1. The molecule has 30 heavy (non-hydrogen) atoms. The molecule has 1 saturated heterocycles. The lowest BCUT2D eigenvalue weighted by molar-refractivity contribution is -0.118. The van der Waals surface area contributed by atoms with Gasteiger partial charge in [-0.05, 0) is 42.5 Å². The molecule has 1 aliphatic rings. The molecule has 4 rings (SSSR count). The Hall–Kier alpha value is -3.29. The van der Waals surface area contributed by atoms with E-state index in [-0.39, 0.29) is 23.1 Å². The van der Waals surface area contributed by atoms with Crippen molar-refractivity contribution >= 4 is 28.2 Å². The quantitative estimate of drug-likeness (QED) is 0.690. The van der Waals surface area contributed by atoms with Gasteiger partial charge < -0.3 is 15.0 Å². The van der Waals surface area contributed by atoms with Crippen LogP contribution in [0, 0.1) is 11.2 Å². The zero-order valence-corrected chi connectivity index (χ0v) is 17.1. The van der Waals surface area contributed by atoms with Gasteiger partial charge in [0.15, 0.2) is 0 Å². The number of fused-ring (bicyclic) bond motifs is 1. The summed E-state index contributed by atoms with van der Waals surface area (Å²) in [6, 6.07) is 6.86. The predicted molar refractivity (Wildman–Crippen MR) is 113 cm³/mol. The van der Waals surface area contributed by atoms with E-state index in [1.165, 1.54) is 31.6 Å². The molecule has 2 aromatic heterocycles. The van der Waals surface area contributed by atoms with Crippen molar-refractivity contribution in [3.05, 3.63) is 48.7 Å². The highest BCUT2D eigenvalue weighted by Gasteiger charge is 2.33. The zero-order valence-electron chi connectivity index (χ0n) is 17.1. The number of hydrogen-bond acceptors (Lipinski definition) is 6. The summed E-state index contributed by atoms with van der Waals surface area (Å²) in [7, 11) is 1.49. The number of nitrogens with one attached hydrogen (secondary N) is 1. The topological polar surface area (TPSA) is 80.2 Å². The molecule has 156 valence electrons. The van der Waals surface area contributed by atoms with Crippen LogP contribution >= 0.6 is 0 Å². The predicted octanol–water partition coefficient (Wildman–Crippen LogP) is 3.81. The number of carbonyl (C=O) groups is 1. The smallest absolute Gasteiger partial charge is 0.316 e. The molecule has 0 radical (unpaired) electrons. The molecular formula is C22H24FN5O2. The minimum atomic E-state index is -0.266. The lowest BCUT2D eigenvalue weighted by Crippen LogP contribution is -2.40. The van der Waals surface area contributed by atoms with Gasteiger partial charge in [-0.2, -0.15) is 0 Å². The first kappa shape index (κ1) is 20.0. The van der Waals surface area contributed by atoms with E-state index in [1.54, 1.807) is 12.3 Å². The SMILES string of the molecule is COc1ncc(NC(=O)CC2(C)CCN(c3ccnc4ccc(F)cc34)CC2)cn1. The Labute approximate surface area is 174 Å². The van der Waals surface area contributed by atoms with Gasteiger partial charge in [-0.25, -0.2) is 14.4 Å². The number of halogens is 1. The van der Waals surface area contributed by atoms with Gasteiger partial charge in [0, 0.05) is 36.8 Å². The Balaban J connectivity index is 1.39. The highest BCUT2D eigenvalue weighted by atomic mass is 19.1. The Morgan fingerprint density at radius 2 is 1.93 bits per heavy atom. The Bertz CT molecular complexity index is 1050. The van der Waals surface area contributed by atoms with E-state index in [2.05, 4.69) is 32.1 Å². The molecule has 1 fully saturated rings. The van der Waals surface area contributed by atoms with Crippen molar-refractivity contribution in [1.29, 1.82) is 0 Å². The summed E-state index contributed by atoms with van der Waals surface area (Å²) in [5.41, 5.74) is 2.21. The van der Waals surface area contributed by atoms with E-state index in [1.807, 2.05) is 6.07 Å². The van der Waals surface area contributed by atoms with Crippen molar-refractivity contribution < 1.29 is 13.9 Å². The molecule has 1 aromatic carbocycles. The van der Waals surface area contributed by atoms with Crippen LogP contribution in [0.25, 0.3) is 10.9 Å². The number of piperidine rings is 1. The second kappa shape index (κ2) is 8.22. The molecule has 1 amide bonds. The summed E-state index contributed by atoms with van der Waals surface area (Å²) in [4.78, 5) is 27.1. The Morgan fingerprint density at radius 1 is 1.20 bits per heavy atom. The highest BCUT2D eigenvalue weighted by Crippen LogP contribution is 2.38. The molecule has 3 heterocycles. The summed E-state index contributed by atoms with van der Waals surface area (Å²) < 4.78 is 18.7. The number of anilines is 2. The van der Waals surface area contributed by atoms with Gasteiger partial charge in [0.05, 0.1) is 30.7 Å². The maximum absolute atomic E-state index is 13.8. The van der Waals surface area contributed by atoms with Crippen LogP contribution in [-0.4, -0.2) is 41.1 Å². The molecule has 0 saturated carbocycles. The van der Waals surface area contributed by atoms with Crippen molar-refractivity contribution in [2.24, 2.45) is 5.41 Å². The molecule has 0 atom stereocenters. The number of pyridine rings is 1. The zero-order chi connectivity index (χ0) is 21.1. The van der Waals surface area contributed by atoms with Crippen LogP contribution in [0.3, 0.4) is 0 Å². The van der Waals surface area contributed by atoms with Gasteiger partial charge >= 0.3 is 6.01 Å². The first-order chi connectivity index (χ1) is 14.5. The average molecular weight is 409 g/mol. The molecule has 1 N–H and O–H groups in total. The number of benzene rings is 1. The summed E-state index contributed by atoms with van der Waals surface area (Å²) >= 11 is 0. The van der Waals surface area contributed by atoms with Gasteiger partial charge in [0.2, 0.25) is 5.91 Å². The number of methoxy groups -OCH3 is 1. The number of carbonyl (C=O) groups excluding carboxylic acids is 1. The van der Waals surface area contributed by atoms with E-state index in [4.69, 9.17) is 4.74 Å². The second-order valence-corrected chi connectivity index (χ2v) is 7.97. The van der Waals surface area contributed by atoms with Crippen molar-refractivity contribution in [2.75, 3.05) is 30.4 Å². The van der Waals surface area contributed by atoms with E-state index in [0.29, 0.717) is 12.1 Å². The average Bonchev–Trinajstić information content (AvgIpc) is 2.74. The molecule has 0 spiro atoms. The van der Waals surface area contributed by atoms with Crippen LogP contribution in [0.15, 0.2) is 42.9 Å². The lowest BCUT2D eigenvalue weighted by Gasteiger charge is -2.40. The third kappa shape index (κ3) is 4.32. The van der Waals surface area contributed by atoms with Crippen molar-refractivity contribution in [3.63, 3.8) is 0 Å². The van der Waals surface area contributed by atoms with Crippen LogP contribution < -0.4 is 15.0 Å². The second-order valence-electron chi connectivity index (χ2n) is 7.97. The fraction of sp³-hybridized carbons (Fsp3) is 0.364. The fourth-order valence-corrected chi connectivity index (χ4v) is 3.92. The molecule has 8 heteroatoms. The van der Waals surface area contributed by atoms with Crippen molar-refractivity contribution in [1.82, 2.24) is 15.0 Å². The van der Waals surface area contributed by atoms with Crippen LogP contribution in [0.1, 0.15) is 26.2 Å². The molecule has 7 nitrogen and oxygen atoms in total.